The Hall–Kier alpha value is -2.29. The zero-order valence-electron chi connectivity index (χ0n) is 11.8. The molecule has 0 aliphatic carbocycles. The first-order valence-electron chi connectivity index (χ1n) is 6.69. The first-order chi connectivity index (χ1) is 9.61. The molecule has 0 bridgehead atoms. The van der Waals surface area contributed by atoms with Gasteiger partial charge in [0.05, 0.1) is 5.69 Å². The molecule has 2 heterocycles. The number of hydrogen-bond donors (Lipinski definition) is 1. The third-order valence-corrected chi connectivity index (χ3v) is 3.39. The molecule has 2 amide bonds. The summed E-state index contributed by atoms with van der Waals surface area (Å²) in [6.07, 6.45) is 3.56. The summed E-state index contributed by atoms with van der Waals surface area (Å²) in [7, 11) is 3.45. The van der Waals surface area contributed by atoms with Gasteiger partial charge in [0.25, 0.3) is 0 Å². The number of carbonyl (C=O) groups excluding carboxylic acids is 1. The Kier molecular flexibility index (Phi) is 4.41. The van der Waals surface area contributed by atoms with Gasteiger partial charge < -0.3 is 15.1 Å². The van der Waals surface area contributed by atoms with Gasteiger partial charge in [-0.1, -0.05) is 0 Å². The number of hydrogen-bond acceptors (Lipinski definition) is 4. The molecule has 1 aromatic heterocycles. The van der Waals surface area contributed by atoms with Crippen molar-refractivity contribution in [2.75, 3.05) is 32.1 Å². The van der Waals surface area contributed by atoms with E-state index in [1.54, 1.807) is 20.3 Å². The van der Waals surface area contributed by atoms with E-state index in [1.807, 2.05) is 12.1 Å². The summed E-state index contributed by atoms with van der Waals surface area (Å²) >= 11 is 0. The predicted molar refractivity (Wildman–Crippen MR) is 76.4 cm³/mol. The fraction of sp³-hybridized carbons (Fsp3) is 0.500. The number of pyridine rings is 1. The SMILES string of the molecule is CN(C)C(=O)NC1CCCN(c2cccnc2C#N)C1. The number of nitrogens with zero attached hydrogens (tertiary/aromatic N) is 4. The second-order valence-corrected chi connectivity index (χ2v) is 5.11. The van der Waals surface area contributed by atoms with Crippen molar-refractivity contribution in [3.8, 4) is 6.07 Å². The van der Waals surface area contributed by atoms with Gasteiger partial charge >= 0.3 is 6.03 Å². The van der Waals surface area contributed by atoms with Crippen LogP contribution >= 0.6 is 0 Å². The van der Waals surface area contributed by atoms with Crippen LogP contribution in [0.3, 0.4) is 0 Å². The lowest BCUT2D eigenvalue weighted by atomic mass is 10.0. The molecule has 0 saturated carbocycles. The quantitative estimate of drug-likeness (QED) is 0.878. The topological polar surface area (TPSA) is 72.3 Å². The second-order valence-electron chi connectivity index (χ2n) is 5.11. The average Bonchev–Trinajstić information content (AvgIpc) is 2.47. The Bertz CT molecular complexity index is 523. The first-order valence-corrected chi connectivity index (χ1v) is 6.69. The third-order valence-electron chi connectivity index (χ3n) is 3.39. The lowest BCUT2D eigenvalue weighted by Crippen LogP contribution is -2.50. The molecule has 6 heteroatoms. The van der Waals surface area contributed by atoms with Crippen molar-refractivity contribution in [3.63, 3.8) is 0 Å². The van der Waals surface area contributed by atoms with Gasteiger partial charge in [0.1, 0.15) is 6.07 Å². The van der Waals surface area contributed by atoms with Crippen LogP contribution in [-0.4, -0.2) is 49.1 Å². The summed E-state index contributed by atoms with van der Waals surface area (Å²) in [6, 6.07) is 5.88. The molecular weight excluding hydrogens is 254 g/mol. The van der Waals surface area contributed by atoms with Crippen molar-refractivity contribution in [1.82, 2.24) is 15.2 Å². The fourth-order valence-electron chi connectivity index (χ4n) is 2.36. The van der Waals surface area contributed by atoms with Crippen LogP contribution < -0.4 is 10.2 Å². The van der Waals surface area contributed by atoms with Crippen LogP contribution in [-0.2, 0) is 0 Å². The van der Waals surface area contributed by atoms with Crippen LogP contribution in [0.25, 0.3) is 0 Å². The van der Waals surface area contributed by atoms with Crippen molar-refractivity contribution >= 4 is 11.7 Å². The van der Waals surface area contributed by atoms with E-state index in [0.29, 0.717) is 12.2 Å². The number of carbonyl (C=O) groups is 1. The summed E-state index contributed by atoms with van der Waals surface area (Å²) in [5.41, 5.74) is 1.28. The van der Waals surface area contributed by atoms with Crippen molar-refractivity contribution in [1.29, 1.82) is 5.26 Å². The van der Waals surface area contributed by atoms with Crippen molar-refractivity contribution in [2.24, 2.45) is 0 Å². The molecule has 1 atom stereocenters. The standard InChI is InChI=1S/C14H19N5O/c1-18(2)14(20)17-11-5-4-8-19(10-11)13-6-3-7-16-12(13)9-15/h3,6-7,11H,4-5,8,10H2,1-2H3,(H,17,20). The normalized spacial score (nSPS) is 18.2. The van der Waals surface area contributed by atoms with E-state index in [9.17, 15) is 4.79 Å². The van der Waals surface area contributed by atoms with Gasteiger partial charge in [-0.15, -0.1) is 0 Å². The van der Waals surface area contributed by atoms with E-state index >= 15 is 0 Å². The summed E-state index contributed by atoms with van der Waals surface area (Å²) in [4.78, 5) is 19.4. The Labute approximate surface area is 119 Å². The maximum atomic E-state index is 11.7. The van der Waals surface area contributed by atoms with E-state index < -0.39 is 0 Å². The highest BCUT2D eigenvalue weighted by atomic mass is 16.2. The molecule has 1 aliphatic rings. The molecule has 106 valence electrons. The van der Waals surface area contributed by atoms with E-state index in [2.05, 4.69) is 21.3 Å². The second kappa shape index (κ2) is 6.24. The van der Waals surface area contributed by atoms with Crippen molar-refractivity contribution in [2.45, 2.75) is 18.9 Å². The summed E-state index contributed by atoms with van der Waals surface area (Å²) in [6.45, 7) is 1.59. The summed E-state index contributed by atoms with van der Waals surface area (Å²) in [5, 5.41) is 12.1. The van der Waals surface area contributed by atoms with Gasteiger partial charge in [-0.3, -0.25) is 0 Å². The lowest BCUT2D eigenvalue weighted by molar-refractivity contribution is 0.211. The van der Waals surface area contributed by atoms with Crippen LogP contribution in [0.4, 0.5) is 10.5 Å². The van der Waals surface area contributed by atoms with Gasteiger partial charge in [0, 0.05) is 39.4 Å². The van der Waals surface area contributed by atoms with Crippen LogP contribution in [0.15, 0.2) is 18.3 Å². The number of nitriles is 1. The Morgan fingerprint density at radius 1 is 1.60 bits per heavy atom. The molecule has 1 unspecified atom stereocenters. The van der Waals surface area contributed by atoms with E-state index in [-0.39, 0.29) is 12.1 Å². The third kappa shape index (κ3) is 3.18. The number of anilines is 1. The number of aromatic nitrogens is 1. The largest absolute Gasteiger partial charge is 0.367 e. The molecule has 6 nitrogen and oxygen atoms in total. The number of rotatable bonds is 2. The molecule has 1 N–H and O–H groups in total. The molecule has 1 fully saturated rings. The van der Waals surface area contributed by atoms with Crippen molar-refractivity contribution in [3.05, 3.63) is 24.0 Å². The predicted octanol–water partition coefficient (Wildman–Crippen LogP) is 1.19. The summed E-state index contributed by atoms with van der Waals surface area (Å²) in [5.74, 6) is 0. The molecule has 0 radical (unpaired) electrons. The minimum atomic E-state index is -0.0801. The Balaban J connectivity index is 2.07. The highest BCUT2D eigenvalue weighted by Gasteiger charge is 2.23. The zero-order chi connectivity index (χ0) is 14.5. The Morgan fingerprint density at radius 3 is 3.10 bits per heavy atom. The molecule has 20 heavy (non-hydrogen) atoms. The molecule has 1 aromatic rings. The smallest absolute Gasteiger partial charge is 0.317 e. The maximum Gasteiger partial charge on any atom is 0.317 e. The summed E-state index contributed by atoms with van der Waals surface area (Å²) < 4.78 is 0. The number of piperidine rings is 1. The van der Waals surface area contributed by atoms with Gasteiger partial charge in [0.2, 0.25) is 0 Å². The van der Waals surface area contributed by atoms with Gasteiger partial charge in [-0.2, -0.15) is 5.26 Å². The minimum absolute atomic E-state index is 0.0801. The number of amides is 2. The zero-order valence-corrected chi connectivity index (χ0v) is 11.8. The highest BCUT2D eigenvalue weighted by Crippen LogP contribution is 2.22. The maximum absolute atomic E-state index is 11.7. The highest BCUT2D eigenvalue weighted by molar-refractivity contribution is 5.74. The Morgan fingerprint density at radius 2 is 2.40 bits per heavy atom. The van der Waals surface area contributed by atoms with E-state index in [1.165, 1.54) is 4.90 Å². The first kappa shape index (κ1) is 14.1. The van der Waals surface area contributed by atoms with Crippen LogP contribution in [0.5, 0.6) is 0 Å². The van der Waals surface area contributed by atoms with Crippen LogP contribution in [0.1, 0.15) is 18.5 Å². The molecule has 1 aliphatic heterocycles. The fourth-order valence-corrected chi connectivity index (χ4v) is 2.36. The van der Waals surface area contributed by atoms with Crippen LogP contribution in [0.2, 0.25) is 0 Å². The molecule has 0 spiro atoms. The molecular formula is C14H19N5O. The van der Waals surface area contributed by atoms with Gasteiger partial charge in [0.15, 0.2) is 5.69 Å². The van der Waals surface area contributed by atoms with E-state index in [0.717, 1.165) is 25.1 Å². The average molecular weight is 273 g/mol. The lowest BCUT2D eigenvalue weighted by Gasteiger charge is -2.35. The molecule has 1 saturated heterocycles. The van der Waals surface area contributed by atoms with E-state index in [4.69, 9.17) is 5.26 Å². The molecule has 0 aromatic carbocycles. The monoisotopic (exact) mass is 273 g/mol. The van der Waals surface area contributed by atoms with Crippen molar-refractivity contribution < 1.29 is 4.79 Å². The molecule has 2 rings (SSSR count). The number of urea groups is 1. The number of nitrogens with one attached hydrogen (secondary N) is 1. The van der Waals surface area contributed by atoms with Crippen LogP contribution in [0, 0.1) is 11.3 Å². The van der Waals surface area contributed by atoms with Gasteiger partial charge in [-0.25, -0.2) is 9.78 Å². The minimum Gasteiger partial charge on any atom is -0.367 e. The van der Waals surface area contributed by atoms with Gasteiger partial charge in [-0.05, 0) is 25.0 Å².